The number of hydrogen-bond donors (Lipinski definition) is 0. The minimum absolute atomic E-state index is 0.0425. The van der Waals surface area contributed by atoms with E-state index in [1.54, 1.807) is 6.92 Å². The average molecular weight is 463 g/mol. The molecule has 7 nitrogen and oxygen atoms in total. The predicted molar refractivity (Wildman–Crippen MR) is 101 cm³/mol. The molecule has 162 valence electrons. The first-order valence-electron chi connectivity index (χ1n) is 9.25. The summed E-state index contributed by atoms with van der Waals surface area (Å²) in [4.78, 5) is 14.8. The fourth-order valence-electron chi connectivity index (χ4n) is 3.88. The Balaban J connectivity index is 1.58. The number of carbonyl (C=O) groups is 1. The van der Waals surface area contributed by atoms with Gasteiger partial charge in [0.2, 0.25) is 5.91 Å². The molecule has 2 aliphatic rings. The smallest absolute Gasteiger partial charge is 0.338 e. The van der Waals surface area contributed by atoms with Gasteiger partial charge in [0.1, 0.15) is 5.41 Å². The summed E-state index contributed by atoms with van der Waals surface area (Å²) in [5.74, 6) is -1.04. The summed E-state index contributed by atoms with van der Waals surface area (Å²) >= 11 is 6.21. The summed E-state index contributed by atoms with van der Waals surface area (Å²) in [6.45, 7) is 1.27. The summed E-state index contributed by atoms with van der Waals surface area (Å²) in [5, 5.41) is 6.81. The number of rotatable bonds is 4. The lowest BCUT2D eigenvalue weighted by Gasteiger charge is -2.28. The van der Waals surface area contributed by atoms with Crippen molar-refractivity contribution in [3.63, 3.8) is 0 Å². The van der Waals surface area contributed by atoms with Crippen molar-refractivity contribution < 1.29 is 26.4 Å². The highest BCUT2D eigenvalue weighted by Gasteiger charge is 2.70. The Labute approximate surface area is 175 Å². The number of nitrogens with zero attached hydrogens (tertiary/aromatic N) is 4. The van der Waals surface area contributed by atoms with Gasteiger partial charge in [-0.05, 0) is 44.4 Å². The molecule has 0 bridgehead atoms. The zero-order chi connectivity index (χ0) is 21.9. The third-order valence-electron chi connectivity index (χ3n) is 5.81. The molecule has 1 aromatic heterocycles. The van der Waals surface area contributed by atoms with Gasteiger partial charge in [0, 0.05) is 12.6 Å². The Kier molecular flexibility index (Phi) is 4.89. The molecule has 0 spiro atoms. The summed E-state index contributed by atoms with van der Waals surface area (Å²) < 4.78 is 66.3. The van der Waals surface area contributed by atoms with Crippen molar-refractivity contribution >= 4 is 27.3 Å². The Morgan fingerprint density at radius 3 is 2.40 bits per heavy atom. The van der Waals surface area contributed by atoms with Gasteiger partial charge in [0.25, 0.3) is 0 Å². The van der Waals surface area contributed by atoms with Crippen LogP contribution in [0.1, 0.15) is 26.2 Å². The topological polar surface area (TPSA) is 85.2 Å². The number of hydrogen-bond acceptors (Lipinski definition) is 5. The molecule has 1 saturated carbocycles. The molecule has 30 heavy (non-hydrogen) atoms. The van der Waals surface area contributed by atoms with Gasteiger partial charge in [-0.15, -0.1) is 0 Å². The number of alkyl halides is 3. The molecule has 1 unspecified atom stereocenters. The highest BCUT2D eigenvalue weighted by molar-refractivity contribution is 7.92. The van der Waals surface area contributed by atoms with E-state index < -0.39 is 38.6 Å². The van der Waals surface area contributed by atoms with Crippen LogP contribution in [0.4, 0.5) is 13.2 Å². The third-order valence-corrected chi connectivity index (χ3v) is 8.42. The van der Waals surface area contributed by atoms with Crippen LogP contribution >= 0.6 is 11.6 Å². The van der Waals surface area contributed by atoms with Crippen LogP contribution < -0.4 is 0 Å². The summed E-state index contributed by atoms with van der Waals surface area (Å²) in [5.41, 5.74) is -1.91. The highest BCUT2D eigenvalue weighted by Crippen LogP contribution is 2.59. The van der Waals surface area contributed by atoms with Gasteiger partial charge in [0.15, 0.2) is 9.84 Å². The summed E-state index contributed by atoms with van der Waals surface area (Å²) in [6.07, 6.45) is -2.20. The standard InChI is InChI=1S/C18H18ClF3N4O3S/c1-11-8-13(10-25(11)16(27)17(4-5-17)18(20,21)22)30(28,29)15-3-2-12(9-14(15)19)26-23-6-7-24-26/h2-3,6-7,9,11,13H,4-5,8,10H2,1H3/t11-,13?/m1/s1. The molecule has 2 aromatic rings. The Morgan fingerprint density at radius 2 is 1.87 bits per heavy atom. The minimum Gasteiger partial charge on any atom is -0.338 e. The number of carbonyl (C=O) groups excluding carboxylic acids is 1. The van der Waals surface area contributed by atoms with Gasteiger partial charge < -0.3 is 4.90 Å². The van der Waals surface area contributed by atoms with Crippen LogP contribution in [0.2, 0.25) is 5.02 Å². The maximum atomic E-state index is 13.3. The molecule has 1 saturated heterocycles. The zero-order valence-electron chi connectivity index (χ0n) is 15.8. The van der Waals surface area contributed by atoms with Gasteiger partial charge in [-0.25, -0.2) is 8.42 Å². The largest absolute Gasteiger partial charge is 0.403 e. The van der Waals surface area contributed by atoms with E-state index in [9.17, 15) is 26.4 Å². The zero-order valence-corrected chi connectivity index (χ0v) is 17.4. The second kappa shape index (κ2) is 6.94. The number of halogens is 4. The molecule has 1 aliphatic carbocycles. The molecule has 2 fully saturated rings. The summed E-state index contributed by atoms with van der Waals surface area (Å²) in [7, 11) is -3.97. The van der Waals surface area contributed by atoms with Crippen molar-refractivity contribution in [2.75, 3.05) is 6.54 Å². The molecule has 1 aliphatic heterocycles. The SMILES string of the molecule is C[C@@H]1CC(S(=O)(=O)c2ccc(-n3nccn3)cc2Cl)CN1C(=O)C1(C(F)(F)F)CC1. The minimum atomic E-state index is -4.64. The van der Waals surface area contributed by atoms with E-state index in [1.807, 2.05) is 0 Å². The fraction of sp³-hybridized carbons (Fsp3) is 0.500. The van der Waals surface area contributed by atoms with E-state index in [0.717, 1.165) is 4.90 Å². The van der Waals surface area contributed by atoms with Crippen LogP contribution in [0.5, 0.6) is 0 Å². The van der Waals surface area contributed by atoms with Gasteiger partial charge in [-0.1, -0.05) is 11.6 Å². The summed E-state index contributed by atoms with van der Waals surface area (Å²) in [6, 6.07) is 3.59. The predicted octanol–water partition coefficient (Wildman–Crippen LogP) is 3.03. The lowest BCUT2D eigenvalue weighted by Crippen LogP contribution is -2.46. The van der Waals surface area contributed by atoms with E-state index >= 15 is 0 Å². The van der Waals surface area contributed by atoms with E-state index in [0.29, 0.717) is 5.69 Å². The van der Waals surface area contributed by atoms with Crippen LogP contribution in [0.15, 0.2) is 35.5 Å². The second-order valence-corrected chi connectivity index (χ2v) is 10.3. The Hall–Kier alpha value is -2.14. The van der Waals surface area contributed by atoms with Gasteiger partial charge in [-0.2, -0.15) is 28.2 Å². The van der Waals surface area contributed by atoms with E-state index in [2.05, 4.69) is 10.2 Å². The van der Waals surface area contributed by atoms with Crippen LogP contribution in [0, 0.1) is 5.41 Å². The van der Waals surface area contributed by atoms with Crippen molar-refractivity contribution in [1.82, 2.24) is 19.9 Å². The van der Waals surface area contributed by atoms with Gasteiger partial charge in [0.05, 0.1) is 33.2 Å². The van der Waals surface area contributed by atoms with Gasteiger partial charge in [-0.3, -0.25) is 4.79 Å². The lowest BCUT2D eigenvalue weighted by atomic mass is 10.0. The van der Waals surface area contributed by atoms with Crippen molar-refractivity contribution in [1.29, 1.82) is 0 Å². The van der Waals surface area contributed by atoms with E-state index in [4.69, 9.17) is 11.6 Å². The number of benzene rings is 1. The van der Waals surface area contributed by atoms with Crippen molar-refractivity contribution in [2.24, 2.45) is 5.41 Å². The molecule has 12 heteroatoms. The first-order chi connectivity index (χ1) is 14.0. The molecule has 2 atom stereocenters. The molecule has 2 heterocycles. The quantitative estimate of drug-likeness (QED) is 0.697. The number of aromatic nitrogens is 3. The molecular weight excluding hydrogens is 445 g/mol. The molecule has 0 N–H and O–H groups in total. The van der Waals surface area contributed by atoms with Crippen LogP contribution in [0.3, 0.4) is 0 Å². The second-order valence-electron chi connectivity index (χ2n) is 7.72. The van der Waals surface area contributed by atoms with Crippen molar-refractivity contribution in [3.8, 4) is 5.69 Å². The number of amides is 1. The maximum Gasteiger partial charge on any atom is 0.403 e. The van der Waals surface area contributed by atoms with Crippen molar-refractivity contribution in [2.45, 2.75) is 48.5 Å². The first-order valence-corrected chi connectivity index (χ1v) is 11.2. The number of likely N-dealkylation sites (tertiary alicyclic amines) is 1. The molecule has 0 radical (unpaired) electrons. The van der Waals surface area contributed by atoms with Gasteiger partial charge >= 0.3 is 6.18 Å². The Morgan fingerprint density at radius 1 is 1.23 bits per heavy atom. The molecule has 1 aromatic carbocycles. The number of sulfone groups is 1. The normalized spacial score (nSPS) is 23.6. The van der Waals surface area contributed by atoms with E-state index in [-0.39, 0.29) is 35.7 Å². The monoisotopic (exact) mass is 462 g/mol. The highest BCUT2D eigenvalue weighted by atomic mass is 35.5. The molecule has 1 amide bonds. The lowest BCUT2D eigenvalue weighted by molar-refractivity contribution is -0.198. The van der Waals surface area contributed by atoms with Crippen LogP contribution in [-0.2, 0) is 14.6 Å². The maximum absolute atomic E-state index is 13.3. The van der Waals surface area contributed by atoms with E-state index in [1.165, 1.54) is 35.4 Å². The average Bonchev–Trinajstić information content (AvgIpc) is 3.13. The van der Waals surface area contributed by atoms with Crippen molar-refractivity contribution in [3.05, 3.63) is 35.6 Å². The Bertz CT molecular complexity index is 1080. The molecular formula is C18H18ClF3N4O3S. The van der Waals surface area contributed by atoms with Crippen LogP contribution in [0.25, 0.3) is 5.69 Å². The third kappa shape index (κ3) is 3.27. The molecule has 4 rings (SSSR count). The fourth-order valence-corrected chi connectivity index (χ4v) is 6.22. The van der Waals surface area contributed by atoms with Crippen LogP contribution in [-0.4, -0.2) is 58.2 Å². The first kappa shape index (κ1) is 21.1.